The quantitative estimate of drug-likeness (QED) is 0.805. The molecule has 0 atom stereocenters. The van der Waals surface area contributed by atoms with Crippen molar-refractivity contribution in [1.29, 1.82) is 0 Å². The number of anilines is 1. The number of ether oxygens (including phenoxy) is 1. The third-order valence-electron chi connectivity index (χ3n) is 1.51. The van der Waals surface area contributed by atoms with Gasteiger partial charge in [-0.05, 0) is 12.1 Å². The summed E-state index contributed by atoms with van der Waals surface area (Å²) in [6, 6.07) is 7.11. The van der Waals surface area contributed by atoms with Gasteiger partial charge >= 0.3 is 5.97 Å². The zero-order valence-corrected chi connectivity index (χ0v) is 8.50. The molecule has 1 rings (SSSR count). The second-order valence-corrected chi connectivity index (χ2v) is 2.48. The first-order chi connectivity index (χ1) is 6.22. The lowest BCUT2D eigenvalue weighted by Gasteiger charge is -2.04. The average Bonchev–Trinajstić information content (AvgIpc) is 2.15. The smallest absolute Gasteiger partial charge is 0.322 e. The van der Waals surface area contributed by atoms with Crippen LogP contribution in [0.1, 0.15) is 0 Å². The van der Waals surface area contributed by atoms with E-state index in [-0.39, 0.29) is 19.0 Å². The lowest BCUT2D eigenvalue weighted by atomic mass is 10.3. The Labute approximate surface area is 88.3 Å². The van der Waals surface area contributed by atoms with Crippen LogP contribution in [-0.2, 0) is 4.79 Å². The molecule has 0 radical (unpaired) electrons. The highest BCUT2D eigenvalue weighted by atomic mass is 35.5. The molecule has 0 fully saturated rings. The second-order valence-electron chi connectivity index (χ2n) is 2.48. The van der Waals surface area contributed by atoms with E-state index >= 15 is 0 Å². The zero-order valence-electron chi connectivity index (χ0n) is 7.69. The Morgan fingerprint density at radius 2 is 2.29 bits per heavy atom. The summed E-state index contributed by atoms with van der Waals surface area (Å²) < 4.78 is 4.97. The SMILES string of the molecule is COc1cccc(NCC(=O)O)c1.Cl. The first kappa shape index (κ1) is 12.6. The molecule has 2 N–H and O–H groups in total. The molecule has 0 unspecified atom stereocenters. The Balaban J connectivity index is 0.00000169. The molecule has 0 aromatic heterocycles. The van der Waals surface area contributed by atoms with E-state index in [0.717, 1.165) is 5.69 Å². The number of methoxy groups -OCH3 is 1. The van der Waals surface area contributed by atoms with Crippen LogP contribution in [0.15, 0.2) is 24.3 Å². The van der Waals surface area contributed by atoms with Crippen molar-refractivity contribution in [2.75, 3.05) is 19.0 Å². The first-order valence-corrected chi connectivity index (χ1v) is 3.82. The molecule has 0 aliphatic carbocycles. The molecule has 1 aromatic rings. The average molecular weight is 218 g/mol. The fourth-order valence-corrected chi connectivity index (χ4v) is 0.911. The molecular weight excluding hydrogens is 206 g/mol. The molecular formula is C9H12ClNO3. The van der Waals surface area contributed by atoms with Gasteiger partial charge in [0.1, 0.15) is 12.3 Å². The van der Waals surface area contributed by atoms with Gasteiger partial charge in [0, 0.05) is 11.8 Å². The lowest BCUT2D eigenvalue weighted by molar-refractivity contribution is -0.134. The second kappa shape index (κ2) is 6.10. The summed E-state index contributed by atoms with van der Waals surface area (Å²) in [5, 5.41) is 11.1. The maximum Gasteiger partial charge on any atom is 0.322 e. The van der Waals surface area contributed by atoms with Crippen molar-refractivity contribution >= 4 is 24.1 Å². The Morgan fingerprint density at radius 3 is 2.86 bits per heavy atom. The van der Waals surface area contributed by atoms with Crippen LogP contribution in [-0.4, -0.2) is 24.7 Å². The minimum Gasteiger partial charge on any atom is -0.497 e. The number of hydrogen-bond donors (Lipinski definition) is 2. The van der Waals surface area contributed by atoms with Gasteiger partial charge in [-0.1, -0.05) is 6.07 Å². The lowest BCUT2D eigenvalue weighted by Crippen LogP contribution is -2.12. The number of carboxylic acids is 1. The van der Waals surface area contributed by atoms with Gasteiger partial charge in [0.05, 0.1) is 7.11 Å². The standard InChI is InChI=1S/C9H11NO3.ClH/c1-13-8-4-2-3-7(5-8)10-6-9(11)12;/h2-5,10H,6H2,1H3,(H,11,12);1H. The fourth-order valence-electron chi connectivity index (χ4n) is 0.911. The van der Waals surface area contributed by atoms with E-state index in [0.29, 0.717) is 5.75 Å². The largest absolute Gasteiger partial charge is 0.497 e. The van der Waals surface area contributed by atoms with E-state index in [4.69, 9.17) is 9.84 Å². The number of benzene rings is 1. The van der Waals surface area contributed by atoms with Crippen molar-refractivity contribution in [3.8, 4) is 5.75 Å². The summed E-state index contributed by atoms with van der Waals surface area (Å²) in [5.41, 5.74) is 0.738. The number of carboxylic acid groups (broad SMARTS) is 1. The summed E-state index contributed by atoms with van der Waals surface area (Å²) >= 11 is 0. The third kappa shape index (κ3) is 4.00. The van der Waals surface area contributed by atoms with Crippen molar-refractivity contribution in [3.05, 3.63) is 24.3 Å². The molecule has 0 amide bonds. The molecule has 0 spiro atoms. The van der Waals surface area contributed by atoms with Crippen LogP contribution in [0.2, 0.25) is 0 Å². The van der Waals surface area contributed by atoms with Crippen LogP contribution in [0.3, 0.4) is 0 Å². The molecule has 14 heavy (non-hydrogen) atoms. The summed E-state index contributed by atoms with van der Waals surface area (Å²) in [5.74, 6) is -0.182. The van der Waals surface area contributed by atoms with Gasteiger partial charge in [-0.15, -0.1) is 12.4 Å². The van der Waals surface area contributed by atoms with Crippen molar-refractivity contribution in [3.63, 3.8) is 0 Å². The normalized spacial score (nSPS) is 8.64. The van der Waals surface area contributed by atoms with Gasteiger partial charge in [0.15, 0.2) is 0 Å². The van der Waals surface area contributed by atoms with Crippen LogP contribution < -0.4 is 10.1 Å². The first-order valence-electron chi connectivity index (χ1n) is 3.82. The van der Waals surface area contributed by atoms with Gasteiger partial charge in [-0.25, -0.2) is 0 Å². The summed E-state index contributed by atoms with van der Waals surface area (Å²) in [7, 11) is 1.57. The fraction of sp³-hybridized carbons (Fsp3) is 0.222. The predicted molar refractivity (Wildman–Crippen MR) is 56.4 cm³/mol. The number of carbonyl (C=O) groups is 1. The highest BCUT2D eigenvalue weighted by molar-refractivity contribution is 5.85. The molecule has 0 aliphatic rings. The van der Waals surface area contributed by atoms with Gasteiger partial charge in [0.2, 0.25) is 0 Å². The van der Waals surface area contributed by atoms with E-state index in [1.54, 1.807) is 31.4 Å². The predicted octanol–water partition coefficient (Wildman–Crippen LogP) is 1.61. The topological polar surface area (TPSA) is 58.6 Å². The van der Waals surface area contributed by atoms with Crippen LogP contribution in [0, 0.1) is 0 Å². The van der Waals surface area contributed by atoms with E-state index in [2.05, 4.69) is 5.32 Å². The minimum absolute atomic E-state index is 0. The molecule has 0 aliphatic heterocycles. The van der Waals surface area contributed by atoms with Gasteiger partial charge in [-0.2, -0.15) is 0 Å². The third-order valence-corrected chi connectivity index (χ3v) is 1.51. The monoisotopic (exact) mass is 217 g/mol. The number of rotatable bonds is 4. The van der Waals surface area contributed by atoms with Crippen molar-refractivity contribution in [2.24, 2.45) is 0 Å². The minimum atomic E-state index is -0.886. The van der Waals surface area contributed by atoms with E-state index < -0.39 is 5.97 Å². The molecule has 0 heterocycles. The molecule has 0 saturated heterocycles. The van der Waals surface area contributed by atoms with E-state index in [1.165, 1.54) is 0 Å². The van der Waals surface area contributed by atoms with Gasteiger partial charge in [-0.3, -0.25) is 4.79 Å². The maximum absolute atomic E-state index is 10.2. The Hall–Kier alpha value is -1.42. The van der Waals surface area contributed by atoms with Crippen LogP contribution >= 0.6 is 12.4 Å². The Kier molecular flexibility index (Phi) is 5.48. The summed E-state index contributed by atoms with van der Waals surface area (Å²) in [6.07, 6.45) is 0. The Bertz CT molecular complexity index is 304. The molecule has 0 bridgehead atoms. The van der Waals surface area contributed by atoms with Crippen LogP contribution in [0.5, 0.6) is 5.75 Å². The number of halogens is 1. The number of aliphatic carboxylic acids is 1. The van der Waals surface area contributed by atoms with Gasteiger partial charge in [0.25, 0.3) is 0 Å². The summed E-state index contributed by atoms with van der Waals surface area (Å²) in [6.45, 7) is -0.0901. The van der Waals surface area contributed by atoms with Crippen LogP contribution in [0.25, 0.3) is 0 Å². The highest BCUT2D eigenvalue weighted by Crippen LogP contribution is 2.15. The van der Waals surface area contributed by atoms with Gasteiger partial charge < -0.3 is 15.2 Å². The maximum atomic E-state index is 10.2. The summed E-state index contributed by atoms with van der Waals surface area (Å²) in [4.78, 5) is 10.2. The number of nitrogens with one attached hydrogen (secondary N) is 1. The molecule has 5 heteroatoms. The van der Waals surface area contributed by atoms with Crippen LogP contribution in [0.4, 0.5) is 5.69 Å². The number of hydrogen-bond acceptors (Lipinski definition) is 3. The van der Waals surface area contributed by atoms with E-state index in [1.807, 2.05) is 0 Å². The molecule has 0 saturated carbocycles. The Morgan fingerprint density at radius 1 is 1.57 bits per heavy atom. The molecule has 4 nitrogen and oxygen atoms in total. The molecule has 78 valence electrons. The van der Waals surface area contributed by atoms with Crippen molar-refractivity contribution in [2.45, 2.75) is 0 Å². The zero-order chi connectivity index (χ0) is 9.68. The van der Waals surface area contributed by atoms with Crippen molar-refractivity contribution in [1.82, 2.24) is 0 Å². The molecule has 1 aromatic carbocycles. The van der Waals surface area contributed by atoms with Crippen molar-refractivity contribution < 1.29 is 14.6 Å². The highest BCUT2D eigenvalue weighted by Gasteiger charge is 1.97. The van der Waals surface area contributed by atoms with E-state index in [9.17, 15) is 4.79 Å².